The van der Waals surface area contributed by atoms with Crippen molar-refractivity contribution in [1.82, 2.24) is 10.9 Å². The molecule has 1 atom stereocenters. The van der Waals surface area contributed by atoms with Gasteiger partial charge in [0.15, 0.2) is 9.84 Å². The summed E-state index contributed by atoms with van der Waals surface area (Å²) >= 11 is 0. The Bertz CT molecular complexity index is 670. The number of aryl methyl sites for hydroxylation is 1. The van der Waals surface area contributed by atoms with Gasteiger partial charge in [-0.2, -0.15) is 0 Å². The smallest absolute Gasteiger partial charge is 0.242 e. The molecule has 1 heterocycles. The molecule has 2 rings (SSSR count). The van der Waals surface area contributed by atoms with E-state index in [1.165, 1.54) is 0 Å². The van der Waals surface area contributed by atoms with Gasteiger partial charge in [0.25, 0.3) is 0 Å². The highest BCUT2D eigenvalue weighted by atomic mass is 32.2. The van der Waals surface area contributed by atoms with Gasteiger partial charge < -0.3 is 4.74 Å². The molecule has 2 amide bonds. The molecule has 0 unspecified atom stereocenters. The van der Waals surface area contributed by atoms with Crippen LogP contribution < -0.4 is 15.6 Å². The maximum absolute atomic E-state index is 11.7. The van der Waals surface area contributed by atoms with Gasteiger partial charge in [-0.1, -0.05) is 17.7 Å². The molecule has 0 saturated carbocycles. The van der Waals surface area contributed by atoms with Gasteiger partial charge in [-0.15, -0.1) is 0 Å². The van der Waals surface area contributed by atoms with E-state index < -0.39 is 27.6 Å². The molecule has 23 heavy (non-hydrogen) atoms. The molecule has 1 aromatic carbocycles. The Morgan fingerprint density at radius 1 is 1.22 bits per heavy atom. The van der Waals surface area contributed by atoms with Gasteiger partial charge in [0.1, 0.15) is 5.75 Å². The van der Waals surface area contributed by atoms with Crippen LogP contribution in [0.5, 0.6) is 5.75 Å². The van der Waals surface area contributed by atoms with Crippen LogP contribution >= 0.6 is 0 Å². The van der Waals surface area contributed by atoms with Crippen molar-refractivity contribution in [3.63, 3.8) is 0 Å². The van der Waals surface area contributed by atoms with Crippen molar-refractivity contribution in [2.45, 2.75) is 19.8 Å². The van der Waals surface area contributed by atoms with E-state index in [0.29, 0.717) is 12.2 Å². The molecule has 126 valence electrons. The van der Waals surface area contributed by atoms with Crippen molar-refractivity contribution < 1.29 is 22.7 Å². The molecule has 1 saturated heterocycles. The normalized spacial score (nSPS) is 19.1. The van der Waals surface area contributed by atoms with E-state index in [1.54, 1.807) is 0 Å². The molecular formula is C15H20N2O5S. The highest BCUT2D eigenvalue weighted by Gasteiger charge is 2.33. The van der Waals surface area contributed by atoms with Crippen LogP contribution in [0.15, 0.2) is 24.3 Å². The molecule has 0 aliphatic carbocycles. The number of nitrogens with one attached hydrogen (secondary N) is 2. The third-order valence-electron chi connectivity index (χ3n) is 3.55. The number of hydrazine groups is 1. The summed E-state index contributed by atoms with van der Waals surface area (Å²) in [5, 5.41) is 0. The minimum absolute atomic E-state index is 0.0173. The van der Waals surface area contributed by atoms with Gasteiger partial charge in [0.2, 0.25) is 11.8 Å². The Hall–Kier alpha value is -2.09. The topological polar surface area (TPSA) is 102 Å². The number of sulfone groups is 1. The summed E-state index contributed by atoms with van der Waals surface area (Å²) in [6.45, 7) is 2.15. The second kappa shape index (κ2) is 7.45. The highest BCUT2D eigenvalue weighted by molar-refractivity contribution is 7.91. The fourth-order valence-electron chi connectivity index (χ4n) is 2.19. The Kier molecular flexibility index (Phi) is 5.59. The number of carbonyl (C=O) groups is 2. The Morgan fingerprint density at radius 3 is 2.52 bits per heavy atom. The van der Waals surface area contributed by atoms with E-state index in [1.807, 2.05) is 31.2 Å². The monoisotopic (exact) mass is 340 g/mol. The number of hydrogen-bond donors (Lipinski definition) is 2. The number of benzene rings is 1. The van der Waals surface area contributed by atoms with Crippen LogP contribution in [-0.4, -0.2) is 38.3 Å². The summed E-state index contributed by atoms with van der Waals surface area (Å²) in [5.41, 5.74) is 5.65. The third-order valence-corrected chi connectivity index (χ3v) is 5.32. The molecule has 1 aliphatic heterocycles. The number of amides is 2. The van der Waals surface area contributed by atoms with Gasteiger partial charge in [-0.3, -0.25) is 20.4 Å². The quantitative estimate of drug-likeness (QED) is 0.753. The van der Waals surface area contributed by atoms with E-state index in [9.17, 15) is 18.0 Å². The zero-order valence-electron chi connectivity index (χ0n) is 12.9. The van der Waals surface area contributed by atoms with E-state index >= 15 is 0 Å². The molecule has 0 bridgehead atoms. The average molecular weight is 340 g/mol. The summed E-state index contributed by atoms with van der Waals surface area (Å²) in [6, 6.07) is 7.45. The molecule has 0 spiro atoms. The van der Waals surface area contributed by atoms with Crippen LogP contribution in [0.4, 0.5) is 0 Å². The van der Waals surface area contributed by atoms with Crippen LogP contribution in [0.25, 0.3) is 0 Å². The van der Waals surface area contributed by atoms with E-state index in [0.717, 1.165) is 5.56 Å². The van der Waals surface area contributed by atoms with Crippen LogP contribution in [0.3, 0.4) is 0 Å². The van der Waals surface area contributed by atoms with Crippen LogP contribution in [0.1, 0.15) is 18.4 Å². The summed E-state index contributed by atoms with van der Waals surface area (Å²) in [5.74, 6) is -0.938. The number of carbonyl (C=O) groups excluding carboxylic acids is 2. The lowest BCUT2D eigenvalue weighted by Gasteiger charge is -2.11. The van der Waals surface area contributed by atoms with Crippen molar-refractivity contribution in [2.24, 2.45) is 5.92 Å². The van der Waals surface area contributed by atoms with E-state index in [-0.39, 0.29) is 24.5 Å². The van der Waals surface area contributed by atoms with E-state index in [4.69, 9.17) is 4.74 Å². The van der Waals surface area contributed by atoms with Crippen molar-refractivity contribution >= 4 is 21.7 Å². The summed E-state index contributed by atoms with van der Waals surface area (Å²) in [4.78, 5) is 23.4. The molecule has 0 aromatic heterocycles. The van der Waals surface area contributed by atoms with Crippen molar-refractivity contribution in [1.29, 1.82) is 0 Å². The lowest BCUT2D eigenvalue weighted by Crippen LogP contribution is -2.45. The Balaban J connectivity index is 1.65. The highest BCUT2D eigenvalue weighted by Crippen LogP contribution is 2.18. The second-order valence-corrected chi connectivity index (χ2v) is 7.78. The molecule has 1 aliphatic rings. The molecule has 1 aromatic rings. The lowest BCUT2D eigenvalue weighted by molar-refractivity contribution is -0.131. The molecule has 7 nitrogen and oxygen atoms in total. The second-order valence-electron chi connectivity index (χ2n) is 5.55. The predicted molar refractivity (Wildman–Crippen MR) is 84.3 cm³/mol. The number of ether oxygens (including phenoxy) is 1. The first kappa shape index (κ1) is 17.3. The molecule has 8 heteroatoms. The van der Waals surface area contributed by atoms with Gasteiger partial charge >= 0.3 is 0 Å². The average Bonchev–Trinajstić information content (AvgIpc) is 2.87. The van der Waals surface area contributed by atoms with Gasteiger partial charge in [0, 0.05) is 0 Å². The fourth-order valence-corrected chi connectivity index (χ4v) is 3.94. The Morgan fingerprint density at radius 2 is 1.91 bits per heavy atom. The minimum Gasteiger partial charge on any atom is -0.493 e. The Labute approximate surface area is 135 Å². The fraction of sp³-hybridized carbons (Fsp3) is 0.467. The van der Waals surface area contributed by atoms with Gasteiger partial charge in [-0.05, 0) is 25.5 Å². The lowest BCUT2D eigenvalue weighted by atomic mass is 10.1. The van der Waals surface area contributed by atoms with Gasteiger partial charge in [-0.25, -0.2) is 8.42 Å². The van der Waals surface area contributed by atoms with Crippen molar-refractivity contribution in [3.05, 3.63) is 29.8 Å². The number of hydrogen-bond acceptors (Lipinski definition) is 5. The number of rotatable bonds is 5. The summed E-state index contributed by atoms with van der Waals surface area (Å²) in [6.07, 6.45) is 0.373. The van der Waals surface area contributed by atoms with E-state index in [2.05, 4.69) is 10.9 Å². The largest absolute Gasteiger partial charge is 0.493 e. The van der Waals surface area contributed by atoms with Crippen molar-refractivity contribution in [2.75, 3.05) is 18.1 Å². The first-order chi connectivity index (χ1) is 10.9. The molecule has 1 fully saturated rings. The molecular weight excluding hydrogens is 320 g/mol. The maximum atomic E-state index is 11.7. The third kappa shape index (κ3) is 5.55. The van der Waals surface area contributed by atoms with Crippen LogP contribution in [0, 0.1) is 12.8 Å². The predicted octanol–water partition coefficient (Wildman–Crippen LogP) is 0.346. The zero-order valence-corrected chi connectivity index (χ0v) is 13.7. The summed E-state index contributed by atoms with van der Waals surface area (Å²) in [7, 11) is -3.12. The molecule has 0 radical (unpaired) electrons. The van der Waals surface area contributed by atoms with Crippen LogP contribution in [0.2, 0.25) is 0 Å². The summed E-state index contributed by atoms with van der Waals surface area (Å²) < 4.78 is 28.0. The standard InChI is InChI=1S/C15H20N2O5S/c1-11-2-4-13(5-3-11)22-8-6-14(18)16-17-15(19)12-7-9-23(20,21)10-12/h2-5,12H,6-10H2,1H3,(H,16,18)(H,17,19)/t12-/m0/s1. The minimum atomic E-state index is -3.12. The first-order valence-corrected chi connectivity index (χ1v) is 9.16. The maximum Gasteiger partial charge on any atom is 0.242 e. The SMILES string of the molecule is Cc1ccc(OCCC(=O)NNC(=O)[C@H]2CCS(=O)(=O)C2)cc1. The van der Waals surface area contributed by atoms with Gasteiger partial charge in [0.05, 0.1) is 30.5 Å². The molecule has 2 N–H and O–H groups in total. The van der Waals surface area contributed by atoms with Crippen LogP contribution in [-0.2, 0) is 19.4 Å². The first-order valence-electron chi connectivity index (χ1n) is 7.34. The zero-order chi connectivity index (χ0) is 16.9. The van der Waals surface area contributed by atoms with Crippen molar-refractivity contribution in [3.8, 4) is 5.75 Å².